The van der Waals surface area contributed by atoms with Gasteiger partial charge in [-0.1, -0.05) is 6.07 Å². The fourth-order valence-corrected chi connectivity index (χ4v) is 2.59. The van der Waals surface area contributed by atoms with E-state index in [1.165, 1.54) is 11.3 Å². The van der Waals surface area contributed by atoms with Gasteiger partial charge in [-0.05, 0) is 57.5 Å². The topological polar surface area (TPSA) is 48.3 Å². The van der Waals surface area contributed by atoms with Crippen molar-refractivity contribution in [3.8, 4) is 11.5 Å². The Balaban J connectivity index is 1.77. The van der Waals surface area contributed by atoms with Crippen molar-refractivity contribution in [2.75, 3.05) is 20.3 Å². The molecule has 0 aliphatic carbocycles. The molecule has 0 aliphatic heterocycles. The third kappa shape index (κ3) is 4.99. The Labute approximate surface area is 138 Å². The highest BCUT2D eigenvalue weighted by Gasteiger charge is 2.05. The fraction of sp³-hybridized carbons (Fsp3) is 0.500. The number of hydrogen-bond acceptors (Lipinski definition) is 4. The van der Waals surface area contributed by atoms with Gasteiger partial charge in [-0.3, -0.25) is 4.68 Å². The Bertz CT molecular complexity index is 623. The van der Waals surface area contributed by atoms with E-state index in [1.54, 1.807) is 7.11 Å². The van der Waals surface area contributed by atoms with Gasteiger partial charge in [0.05, 0.1) is 19.4 Å². The quantitative estimate of drug-likeness (QED) is 0.722. The molecule has 0 saturated carbocycles. The van der Waals surface area contributed by atoms with Gasteiger partial charge in [0.2, 0.25) is 0 Å². The number of aromatic nitrogens is 2. The zero-order valence-corrected chi connectivity index (χ0v) is 14.6. The molecule has 5 nitrogen and oxygen atoms in total. The molecule has 1 aromatic carbocycles. The Morgan fingerprint density at radius 3 is 2.65 bits per heavy atom. The zero-order valence-electron chi connectivity index (χ0n) is 14.6. The minimum atomic E-state index is 0.635. The fourth-order valence-electron chi connectivity index (χ4n) is 2.59. The van der Waals surface area contributed by atoms with Gasteiger partial charge in [0, 0.05) is 18.8 Å². The van der Waals surface area contributed by atoms with Gasteiger partial charge in [0.1, 0.15) is 0 Å². The highest BCUT2D eigenvalue weighted by Crippen LogP contribution is 2.27. The lowest BCUT2D eigenvalue weighted by molar-refractivity contribution is 0.310. The second-order valence-electron chi connectivity index (χ2n) is 5.60. The van der Waals surface area contributed by atoms with Crippen LogP contribution in [0.2, 0.25) is 0 Å². The van der Waals surface area contributed by atoms with Crippen molar-refractivity contribution in [3.63, 3.8) is 0 Å². The third-order valence-electron chi connectivity index (χ3n) is 3.68. The van der Waals surface area contributed by atoms with Crippen molar-refractivity contribution in [2.45, 2.75) is 40.3 Å². The van der Waals surface area contributed by atoms with Crippen LogP contribution in [0.15, 0.2) is 24.3 Å². The molecule has 2 rings (SSSR count). The Hall–Kier alpha value is -2.01. The first-order valence-corrected chi connectivity index (χ1v) is 8.15. The minimum absolute atomic E-state index is 0.635. The molecule has 0 bridgehead atoms. The van der Waals surface area contributed by atoms with Crippen LogP contribution in [0.5, 0.6) is 11.5 Å². The summed E-state index contributed by atoms with van der Waals surface area (Å²) >= 11 is 0. The molecule has 126 valence electrons. The highest BCUT2D eigenvalue weighted by atomic mass is 16.5. The van der Waals surface area contributed by atoms with E-state index in [2.05, 4.69) is 34.2 Å². The molecule has 23 heavy (non-hydrogen) atoms. The SMILES string of the molecule is CCOc1cc(CNCCCn2nc(C)cc2C)ccc1OC. The molecule has 0 unspecified atom stereocenters. The summed E-state index contributed by atoms with van der Waals surface area (Å²) in [5.74, 6) is 1.58. The van der Waals surface area contributed by atoms with Crippen molar-refractivity contribution < 1.29 is 9.47 Å². The summed E-state index contributed by atoms with van der Waals surface area (Å²) in [5.41, 5.74) is 3.50. The van der Waals surface area contributed by atoms with Gasteiger partial charge in [-0.25, -0.2) is 0 Å². The number of methoxy groups -OCH3 is 1. The standard InChI is InChI=1S/C18H27N3O2/c1-5-23-18-12-16(7-8-17(18)22-4)13-19-9-6-10-21-15(3)11-14(2)20-21/h7-8,11-12,19H,5-6,9-10,13H2,1-4H3. The van der Waals surface area contributed by atoms with Crippen LogP contribution in [0, 0.1) is 13.8 Å². The van der Waals surface area contributed by atoms with Crippen molar-refractivity contribution >= 4 is 0 Å². The molecular formula is C18H27N3O2. The number of hydrogen-bond donors (Lipinski definition) is 1. The monoisotopic (exact) mass is 317 g/mol. The van der Waals surface area contributed by atoms with E-state index in [4.69, 9.17) is 9.47 Å². The Kier molecular flexibility index (Phi) is 6.47. The third-order valence-corrected chi connectivity index (χ3v) is 3.68. The molecule has 1 aromatic heterocycles. The summed E-state index contributed by atoms with van der Waals surface area (Å²) < 4.78 is 13.0. The predicted molar refractivity (Wildman–Crippen MR) is 92.2 cm³/mol. The maximum absolute atomic E-state index is 5.60. The van der Waals surface area contributed by atoms with Gasteiger partial charge >= 0.3 is 0 Å². The van der Waals surface area contributed by atoms with E-state index in [1.807, 2.05) is 26.0 Å². The average molecular weight is 317 g/mol. The predicted octanol–water partition coefficient (Wildman–Crippen LogP) is 3.09. The Morgan fingerprint density at radius 1 is 1.17 bits per heavy atom. The number of rotatable bonds is 9. The average Bonchev–Trinajstić information content (AvgIpc) is 2.85. The smallest absolute Gasteiger partial charge is 0.161 e. The molecule has 2 aromatic rings. The molecule has 1 heterocycles. The molecule has 0 aliphatic rings. The summed E-state index contributed by atoms with van der Waals surface area (Å²) in [6.45, 7) is 9.45. The van der Waals surface area contributed by atoms with Crippen LogP contribution >= 0.6 is 0 Å². The zero-order chi connectivity index (χ0) is 16.7. The minimum Gasteiger partial charge on any atom is -0.493 e. The van der Waals surface area contributed by atoms with Gasteiger partial charge in [0.25, 0.3) is 0 Å². The van der Waals surface area contributed by atoms with E-state index in [0.29, 0.717) is 6.61 Å². The van der Waals surface area contributed by atoms with E-state index < -0.39 is 0 Å². The van der Waals surface area contributed by atoms with Crippen molar-refractivity contribution in [1.29, 1.82) is 0 Å². The molecule has 5 heteroatoms. The first kappa shape index (κ1) is 17.3. The summed E-state index contributed by atoms with van der Waals surface area (Å²) in [5, 5.41) is 7.94. The lowest BCUT2D eigenvalue weighted by Crippen LogP contribution is -2.17. The van der Waals surface area contributed by atoms with Crippen LogP contribution in [0.4, 0.5) is 0 Å². The summed E-state index contributed by atoms with van der Waals surface area (Å²) in [6.07, 6.45) is 1.05. The van der Waals surface area contributed by atoms with E-state index >= 15 is 0 Å². The van der Waals surface area contributed by atoms with E-state index in [9.17, 15) is 0 Å². The molecule has 1 N–H and O–H groups in total. The van der Waals surface area contributed by atoms with Crippen LogP contribution in [0.25, 0.3) is 0 Å². The van der Waals surface area contributed by atoms with Gasteiger partial charge in [-0.2, -0.15) is 5.10 Å². The number of aryl methyl sites for hydroxylation is 3. The van der Waals surface area contributed by atoms with Crippen LogP contribution in [0.3, 0.4) is 0 Å². The highest BCUT2D eigenvalue weighted by molar-refractivity contribution is 5.42. The first-order chi connectivity index (χ1) is 11.1. The maximum atomic E-state index is 5.60. The van der Waals surface area contributed by atoms with Crippen LogP contribution < -0.4 is 14.8 Å². The van der Waals surface area contributed by atoms with Crippen LogP contribution in [-0.4, -0.2) is 30.0 Å². The molecule has 0 radical (unpaired) electrons. The van der Waals surface area contributed by atoms with E-state index in [0.717, 1.165) is 43.2 Å². The summed E-state index contributed by atoms with van der Waals surface area (Å²) in [7, 11) is 1.66. The second kappa shape index (κ2) is 8.58. The van der Waals surface area contributed by atoms with Gasteiger partial charge in [0.15, 0.2) is 11.5 Å². The summed E-state index contributed by atoms with van der Waals surface area (Å²) in [4.78, 5) is 0. The van der Waals surface area contributed by atoms with Crippen molar-refractivity contribution in [3.05, 3.63) is 41.2 Å². The molecular weight excluding hydrogens is 290 g/mol. The number of nitrogens with zero attached hydrogens (tertiary/aromatic N) is 2. The normalized spacial score (nSPS) is 10.8. The molecule has 0 saturated heterocycles. The van der Waals surface area contributed by atoms with Crippen LogP contribution in [-0.2, 0) is 13.1 Å². The lowest BCUT2D eigenvalue weighted by Gasteiger charge is -2.12. The molecule has 0 amide bonds. The maximum Gasteiger partial charge on any atom is 0.161 e. The van der Waals surface area contributed by atoms with Crippen molar-refractivity contribution in [1.82, 2.24) is 15.1 Å². The largest absolute Gasteiger partial charge is 0.493 e. The first-order valence-electron chi connectivity index (χ1n) is 8.15. The lowest BCUT2D eigenvalue weighted by atomic mass is 10.2. The molecule has 0 fully saturated rings. The van der Waals surface area contributed by atoms with E-state index in [-0.39, 0.29) is 0 Å². The van der Waals surface area contributed by atoms with Crippen LogP contribution in [0.1, 0.15) is 30.3 Å². The molecule has 0 spiro atoms. The number of nitrogens with one attached hydrogen (secondary N) is 1. The summed E-state index contributed by atoms with van der Waals surface area (Å²) in [6, 6.07) is 8.17. The van der Waals surface area contributed by atoms with Gasteiger partial charge < -0.3 is 14.8 Å². The Morgan fingerprint density at radius 2 is 2.00 bits per heavy atom. The molecule has 0 atom stereocenters. The number of ether oxygens (including phenoxy) is 2. The van der Waals surface area contributed by atoms with Gasteiger partial charge in [-0.15, -0.1) is 0 Å². The number of benzene rings is 1. The second-order valence-corrected chi connectivity index (χ2v) is 5.60. The van der Waals surface area contributed by atoms with Crippen molar-refractivity contribution in [2.24, 2.45) is 0 Å².